The summed E-state index contributed by atoms with van der Waals surface area (Å²) in [6.07, 6.45) is 2.96. The van der Waals surface area contributed by atoms with Crippen LogP contribution < -0.4 is 15.8 Å². The summed E-state index contributed by atoms with van der Waals surface area (Å²) in [6.45, 7) is 1.28. The molecule has 1 amide bonds. The molecule has 0 unspecified atom stereocenters. The van der Waals surface area contributed by atoms with E-state index in [0.29, 0.717) is 13.1 Å². The molecule has 1 aromatic carbocycles. The fourth-order valence-electron chi connectivity index (χ4n) is 2.80. The number of hydrogen-bond acceptors (Lipinski definition) is 9. The number of anilines is 2. The van der Waals surface area contributed by atoms with Gasteiger partial charge in [-0.1, -0.05) is 12.1 Å². The van der Waals surface area contributed by atoms with Gasteiger partial charge in [-0.2, -0.15) is 0 Å². The lowest BCUT2D eigenvalue weighted by atomic mass is 10.2. The highest BCUT2D eigenvalue weighted by atomic mass is 16.6. The molecule has 2 N–H and O–H groups in total. The number of nitro groups is 2. The van der Waals surface area contributed by atoms with E-state index in [1.165, 1.54) is 24.3 Å². The van der Waals surface area contributed by atoms with Crippen molar-refractivity contribution in [3.63, 3.8) is 0 Å². The molecule has 1 saturated heterocycles. The first-order chi connectivity index (χ1) is 13.0. The second-order valence-corrected chi connectivity index (χ2v) is 5.70. The second kappa shape index (κ2) is 7.59. The average Bonchev–Trinajstić information content (AvgIpc) is 3.20. The number of hydrogen-bond donors (Lipinski definition) is 2. The van der Waals surface area contributed by atoms with Gasteiger partial charge in [0.15, 0.2) is 0 Å². The SMILES string of the molecule is O=C(NNc1ncnc(N2CCCC2)c1[N+](=O)[O-])c1ccccc1[N+](=O)[O-]. The van der Waals surface area contributed by atoms with E-state index >= 15 is 0 Å². The maximum Gasteiger partial charge on any atom is 0.355 e. The van der Waals surface area contributed by atoms with Gasteiger partial charge in [0, 0.05) is 19.2 Å². The fourth-order valence-corrected chi connectivity index (χ4v) is 2.80. The Morgan fingerprint density at radius 1 is 1.07 bits per heavy atom. The first-order valence-corrected chi connectivity index (χ1v) is 8.03. The third-order valence-corrected chi connectivity index (χ3v) is 4.03. The van der Waals surface area contributed by atoms with Gasteiger partial charge in [-0.25, -0.2) is 9.97 Å². The summed E-state index contributed by atoms with van der Waals surface area (Å²) in [6, 6.07) is 5.37. The van der Waals surface area contributed by atoms with Crippen LogP contribution in [0.15, 0.2) is 30.6 Å². The molecule has 1 aliphatic rings. The van der Waals surface area contributed by atoms with Crippen LogP contribution in [0.25, 0.3) is 0 Å². The lowest BCUT2D eigenvalue weighted by molar-refractivity contribution is -0.385. The van der Waals surface area contributed by atoms with Gasteiger partial charge in [-0.05, 0) is 18.9 Å². The molecule has 0 spiro atoms. The largest absolute Gasteiger partial charge is 0.355 e. The van der Waals surface area contributed by atoms with Crippen LogP contribution in [0.4, 0.5) is 23.0 Å². The molecule has 0 atom stereocenters. The molecule has 1 fully saturated rings. The summed E-state index contributed by atoms with van der Waals surface area (Å²) in [5, 5.41) is 22.5. The van der Waals surface area contributed by atoms with Crippen molar-refractivity contribution in [2.75, 3.05) is 23.4 Å². The molecular formula is C15H15N7O5. The van der Waals surface area contributed by atoms with Crippen LogP contribution in [-0.2, 0) is 0 Å². The van der Waals surface area contributed by atoms with E-state index in [-0.39, 0.29) is 28.6 Å². The van der Waals surface area contributed by atoms with E-state index in [1.807, 2.05) is 0 Å². The summed E-state index contributed by atoms with van der Waals surface area (Å²) in [5.74, 6) is -0.864. The number of aromatic nitrogens is 2. The van der Waals surface area contributed by atoms with Crippen molar-refractivity contribution < 1.29 is 14.6 Å². The van der Waals surface area contributed by atoms with Gasteiger partial charge in [-0.15, -0.1) is 0 Å². The Morgan fingerprint density at radius 3 is 2.44 bits per heavy atom. The van der Waals surface area contributed by atoms with Crippen LogP contribution in [-0.4, -0.2) is 38.8 Å². The molecule has 2 heterocycles. The lowest BCUT2D eigenvalue weighted by Crippen LogP contribution is -2.31. The number of hydrazine groups is 1. The van der Waals surface area contributed by atoms with Crippen LogP contribution in [0.3, 0.4) is 0 Å². The molecule has 3 rings (SSSR count). The molecule has 27 heavy (non-hydrogen) atoms. The van der Waals surface area contributed by atoms with E-state index in [9.17, 15) is 25.0 Å². The Labute approximate surface area is 152 Å². The minimum Gasteiger partial charge on any atom is -0.351 e. The van der Waals surface area contributed by atoms with Gasteiger partial charge in [0.05, 0.1) is 9.85 Å². The number of nitro benzene ring substituents is 1. The summed E-state index contributed by atoms with van der Waals surface area (Å²) in [5.41, 5.74) is 3.65. The topological polar surface area (TPSA) is 156 Å². The first-order valence-electron chi connectivity index (χ1n) is 8.03. The molecule has 140 valence electrons. The number of rotatable bonds is 6. The van der Waals surface area contributed by atoms with E-state index in [1.54, 1.807) is 4.90 Å². The zero-order valence-corrected chi connectivity index (χ0v) is 14.0. The molecule has 0 saturated carbocycles. The first kappa shape index (κ1) is 18.0. The molecular weight excluding hydrogens is 358 g/mol. The van der Waals surface area contributed by atoms with Gasteiger partial charge in [0.25, 0.3) is 11.6 Å². The Hall–Kier alpha value is -3.83. The quantitative estimate of drug-likeness (QED) is 0.567. The molecule has 12 heteroatoms. The monoisotopic (exact) mass is 373 g/mol. The smallest absolute Gasteiger partial charge is 0.351 e. The van der Waals surface area contributed by atoms with Gasteiger partial charge < -0.3 is 4.90 Å². The number of carbonyl (C=O) groups is 1. The maximum absolute atomic E-state index is 12.3. The highest BCUT2D eigenvalue weighted by Gasteiger charge is 2.29. The van der Waals surface area contributed by atoms with E-state index in [2.05, 4.69) is 20.8 Å². The average molecular weight is 373 g/mol. The standard InChI is InChI=1S/C15H15N7O5/c23-15(10-5-1-2-6-11(10)21(24)25)19-18-13-12(22(26)27)14(17-9-16-13)20-7-3-4-8-20/h1-2,5-6,9H,3-4,7-8H2,(H,19,23)(H,16,17,18). The summed E-state index contributed by atoms with van der Waals surface area (Å²) < 4.78 is 0. The van der Waals surface area contributed by atoms with E-state index < -0.39 is 15.8 Å². The van der Waals surface area contributed by atoms with Crippen molar-refractivity contribution in [3.05, 3.63) is 56.4 Å². The van der Waals surface area contributed by atoms with E-state index in [4.69, 9.17) is 0 Å². The number of para-hydroxylation sites is 1. The summed E-state index contributed by atoms with van der Waals surface area (Å²) in [7, 11) is 0. The second-order valence-electron chi connectivity index (χ2n) is 5.70. The Morgan fingerprint density at radius 2 is 1.78 bits per heavy atom. The normalized spacial score (nSPS) is 13.3. The van der Waals surface area contributed by atoms with Gasteiger partial charge in [-0.3, -0.25) is 35.9 Å². The zero-order chi connectivity index (χ0) is 19.4. The van der Waals surface area contributed by atoms with Crippen molar-refractivity contribution in [1.82, 2.24) is 15.4 Å². The lowest BCUT2D eigenvalue weighted by Gasteiger charge is -2.17. The molecule has 1 aromatic heterocycles. The molecule has 12 nitrogen and oxygen atoms in total. The van der Waals surface area contributed by atoms with Crippen molar-refractivity contribution in [1.29, 1.82) is 0 Å². The third-order valence-electron chi connectivity index (χ3n) is 4.03. The molecule has 1 aliphatic heterocycles. The van der Waals surface area contributed by atoms with Crippen LogP contribution >= 0.6 is 0 Å². The van der Waals surface area contributed by atoms with Gasteiger partial charge in [0.1, 0.15) is 11.9 Å². The van der Waals surface area contributed by atoms with E-state index in [0.717, 1.165) is 19.2 Å². The maximum atomic E-state index is 12.3. The van der Waals surface area contributed by atoms with Crippen molar-refractivity contribution >= 4 is 28.9 Å². The Kier molecular flexibility index (Phi) is 5.06. The fraction of sp³-hybridized carbons (Fsp3) is 0.267. The molecule has 0 bridgehead atoms. The number of benzene rings is 1. The Balaban J connectivity index is 1.84. The summed E-state index contributed by atoms with van der Waals surface area (Å²) in [4.78, 5) is 43.1. The minimum absolute atomic E-state index is 0.162. The van der Waals surface area contributed by atoms with Crippen LogP contribution in [0, 0.1) is 20.2 Å². The van der Waals surface area contributed by atoms with Crippen molar-refractivity contribution in [2.45, 2.75) is 12.8 Å². The third kappa shape index (κ3) is 3.73. The van der Waals surface area contributed by atoms with Gasteiger partial charge >= 0.3 is 5.69 Å². The van der Waals surface area contributed by atoms with Crippen LogP contribution in [0.5, 0.6) is 0 Å². The number of nitrogens with zero attached hydrogens (tertiary/aromatic N) is 5. The van der Waals surface area contributed by atoms with Crippen LogP contribution in [0.1, 0.15) is 23.2 Å². The van der Waals surface area contributed by atoms with Crippen molar-refractivity contribution in [3.8, 4) is 0 Å². The molecule has 2 aromatic rings. The predicted octanol–water partition coefficient (Wildman–Crippen LogP) is 1.65. The molecule has 0 aliphatic carbocycles. The van der Waals surface area contributed by atoms with Crippen molar-refractivity contribution in [2.24, 2.45) is 0 Å². The van der Waals surface area contributed by atoms with Gasteiger partial charge in [0.2, 0.25) is 11.6 Å². The number of amides is 1. The molecule has 0 radical (unpaired) electrons. The Bertz CT molecular complexity index is 898. The summed E-state index contributed by atoms with van der Waals surface area (Å²) >= 11 is 0. The highest BCUT2D eigenvalue weighted by Crippen LogP contribution is 2.33. The predicted molar refractivity (Wildman–Crippen MR) is 94.3 cm³/mol. The number of nitrogens with one attached hydrogen (secondary N) is 2. The van der Waals surface area contributed by atoms with Crippen LogP contribution in [0.2, 0.25) is 0 Å². The minimum atomic E-state index is -0.821. The zero-order valence-electron chi connectivity index (χ0n) is 14.0. The highest BCUT2D eigenvalue weighted by molar-refractivity contribution is 5.98. The number of carbonyl (C=O) groups excluding carboxylic acids is 1.